The van der Waals surface area contributed by atoms with Crippen LogP contribution in [0.1, 0.15) is 26.7 Å². The summed E-state index contributed by atoms with van der Waals surface area (Å²) in [6.07, 6.45) is 0.735. The van der Waals surface area contributed by atoms with Crippen molar-refractivity contribution in [2.45, 2.75) is 32.2 Å². The molecule has 0 fully saturated rings. The maximum absolute atomic E-state index is 10.8. The predicted molar refractivity (Wildman–Crippen MR) is 45.2 cm³/mol. The van der Waals surface area contributed by atoms with E-state index in [-0.39, 0.29) is 12.3 Å². The van der Waals surface area contributed by atoms with Crippen molar-refractivity contribution in [3.05, 3.63) is 0 Å². The van der Waals surface area contributed by atoms with E-state index < -0.39 is 11.6 Å². The van der Waals surface area contributed by atoms with E-state index in [9.17, 15) is 9.59 Å². The minimum atomic E-state index is -0.824. The first-order valence-electron chi connectivity index (χ1n) is 3.69. The highest BCUT2D eigenvalue weighted by atomic mass is 16.2. The first-order chi connectivity index (χ1) is 5.31. The molecule has 0 unspecified atom stereocenters. The lowest BCUT2D eigenvalue weighted by Gasteiger charge is -2.16. The lowest BCUT2D eigenvalue weighted by molar-refractivity contribution is -0.120. The lowest BCUT2D eigenvalue weighted by atomic mass is 10.00. The normalized spacial score (nSPS) is 10.9. The van der Waals surface area contributed by atoms with Crippen molar-refractivity contribution < 1.29 is 9.59 Å². The fourth-order valence-corrected chi connectivity index (χ4v) is 0.636. The Morgan fingerprint density at radius 1 is 1.42 bits per heavy atom. The van der Waals surface area contributed by atoms with Crippen LogP contribution in [-0.4, -0.2) is 17.5 Å². The van der Waals surface area contributed by atoms with Gasteiger partial charge in [-0.1, -0.05) is 0 Å². The number of amides is 3. The molecule has 0 aromatic heterocycles. The van der Waals surface area contributed by atoms with E-state index in [1.165, 1.54) is 0 Å². The van der Waals surface area contributed by atoms with Crippen molar-refractivity contribution in [3.63, 3.8) is 0 Å². The van der Waals surface area contributed by atoms with Gasteiger partial charge in [0.05, 0.1) is 0 Å². The SMILES string of the molecule is CC(C)(N)CCC(=O)NC(N)=O. The van der Waals surface area contributed by atoms with Crippen LogP contribution in [-0.2, 0) is 4.79 Å². The molecule has 0 aliphatic carbocycles. The number of carbonyl (C=O) groups excluding carboxylic acids is 2. The van der Waals surface area contributed by atoms with Crippen LogP contribution >= 0.6 is 0 Å². The summed E-state index contributed by atoms with van der Waals surface area (Å²) in [4.78, 5) is 21.0. The number of primary amides is 1. The van der Waals surface area contributed by atoms with Gasteiger partial charge in [-0.15, -0.1) is 0 Å². The maximum Gasteiger partial charge on any atom is 0.318 e. The number of nitrogens with two attached hydrogens (primary N) is 2. The summed E-state index contributed by atoms with van der Waals surface area (Å²) in [6.45, 7) is 3.62. The molecule has 3 amide bonds. The van der Waals surface area contributed by atoms with Crippen LogP contribution in [0.2, 0.25) is 0 Å². The number of hydrogen-bond acceptors (Lipinski definition) is 3. The number of rotatable bonds is 3. The Morgan fingerprint density at radius 2 is 1.92 bits per heavy atom. The third-order valence-electron chi connectivity index (χ3n) is 1.26. The largest absolute Gasteiger partial charge is 0.351 e. The highest BCUT2D eigenvalue weighted by molar-refractivity contribution is 5.93. The summed E-state index contributed by atoms with van der Waals surface area (Å²) in [7, 11) is 0. The Kier molecular flexibility index (Phi) is 3.69. The molecule has 0 aliphatic rings. The summed E-state index contributed by atoms with van der Waals surface area (Å²) < 4.78 is 0. The van der Waals surface area contributed by atoms with Gasteiger partial charge in [0.2, 0.25) is 5.91 Å². The van der Waals surface area contributed by atoms with Crippen LogP contribution in [0, 0.1) is 0 Å². The molecule has 0 aromatic carbocycles. The van der Waals surface area contributed by atoms with Gasteiger partial charge in [0.25, 0.3) is 0 Å². The van der Waals surface area contributed by atoms with E-state index in [4.69, 9.17) is 11.5 Å². The van der Waals surface area contributed by atoms with Gasteiger partial charge in [-0.25, -0.2) is 4.79 Å². The standard InChI is InChI=1S/C7H15N3O2/c1-7(2,9)4-3-5(11)10-6(8)12/h3-4,9H2,1-2H3,(H3,8,10,11,12). The summed E-state index contributed by atoms with van der Waals surface area (Å²) in [5, 5.41) is 1.96. The highest BCUT2D eigenvalue weighted by Crippen LogP contribution is 2.06. The molecular formula is C7H15N3O2. The van der Waals surface area contributed by atoms with E-state index in [0.29, 0.717) is 6.42 Å². The fraction of sp³-hybridized carbons (Fsp3) is 0.714. The lowest BCUT2D eigenvalue weighted by Crippen LogP contribution is -2.38. The topological polar surface area (TPSA) is 98.2 Å². The van der Waals surface area contributed by atoms with Crippen LogP contribution < -0.4 is 16.8 Å². The van der Waals surface area contributed by atoms with Crippen molar-refractivity contribution in [2.75, 3.05) is 0 Å². The molecule has 0 saturated carbocycles. The summed E-state index contributed by atoms with van der Waals surface area (Å²) in [6, 6.07) is -0.824. The van der Waals surface area contributed by atoms with Crippen molar-refractivity contribution >= 4 is 11.9 Å². The molecule has 0 aromatic rings. The molecule has 0 aliphatic heterocycles. The van der Waals surface area contributed by atoms with E-state index in [0.717, 1.165) is 0 Å². The molecule has 0 spiro atoms. The number of carbonyl (C=O) groups is 2. The second-order valence-corrected chi connectivity index (χ2v) is 3.40. The molecule has 12 heavy (non-hydrogen) atoms. The molecule has 70 valence electrons. The molecule has 5 N–H and O–H groups in total. The van der Waals surface area contributed by atoms with Gasteiger partial charge in [-0.05, 0) is 20.3 Å². The van der Waals surface area contributed by atoms with Gasteiger partial charge >= 0.3 is 6.03 Å². The zero-order valence-electron chi connectivity index (χ0n) is 7.39. The van der Waals surface area contributed by atoms with Crippen molar-refractivity contribution in [1.82, 2.24) is 5.32 Å². The van der Waals surface area contributed by atoms with Crippen molar-refractivity contribution in [2.24, 2.45) is 11.5 Å². The zero-order chi connectivity index (χ0) is 9.78. The first-order valence-corrected chi connectivity index (χ1v) is 3.69. The van der Waals surface area contributed by atoms with Crippen LogP contribution in [0.3, 0.4) is 0 Å². The Hall–Kier alpha value is -1.10. The number of imide groups is 1. The molecule has 0 saturated heterocycles. The van der Waals surface area contributed by atoms with Crippen LogP contribution in [0.25, 0.3) is 0 Å². The molecule has 0 rings (SSSR count). The summed E-state index contributed by atoms with van der Waals surface area (Å²) >= 11 is 0. The highest BCUT2D eigenvalue weighted by Gasteiger charge is 2.13. The van der Waals surface area contributed by atoms with E-state index >= 15 is 0 Å². The Bertz CT molecular complexity index is 184. The predicted octanol–water partition coefficient (Wildman–Crippen LogP) is -0.301. The molecule has 0 atom stereocenters. The minimum Gasteiger partial charge on any atom is -0.351 e. The monoisotopic (exact) mass is 173 g/mol. The molecular weight excluding hydrogens is 158 g/mol. The maximum atomic E-state index is 10.8. The molecule has 0 radical (unpaired) electrons. The number of nitrogens with one attached hydrogen (secondary N) is 1. The van der Waals surface area contributed by atoms with Crippen molar-refractivity contribution in [1.29, 1.82) is 0 Å². The number of hydrogen-bond donors (Lipinski definition) is 3. The smallest absolute Gasteiger partial charge is 0.318 e. The molecule has 5 heteroatoms. The van der Waals surface area contributed by atoms with E-state index in [2.05, 4.69) is 0 Å². The molecule has 5 nitrogen and oxygen atoms in total. The minimum absolute atomic E-state index is 0.215. The summed E-state index contributed by atoms with van der Waals surface area (Å²) in [5.74, 6) is -0.388. The quantitative estimate of drug-likeness (QED) is 0.546. The van der Waals surface area contributed by atoms with Gasteiger partial charge < -0.3 is 11.5 Å². The average molecular weight is 173 g/mol. The second-order valence-electron chi connectivity index (χ2n) is 3.40. The van der Waals surface area contributed by atoms with Gasteiger partial charge in [0.15, 0.2) is 0 Å². The fourth-order valence-electron chi connectivity index (χ4n) is 0.636. The third-order valence-corrected chi connectivity index (χ3v) is 1.26. The van der Waals surface area contributed by atoms with Gasteiger partial charge in [0.1, 0.15) is 0 Å². The van der Waals surface area contributed by atoms with E-state index in [1.807, 2.05) is 19.2 Å². The second kappa shape index (κ2) is 4.06. The third kappa shape index (κ3) is 7.01. The Balaban J connectivity index is 3.65. The zero-order valence-corrected chi connectivity index (χ0v) is 7.39. The number of urea groups is 1. The van der Waals surface area contributed by atoms with Crippen LogP contribution in [0.4, 0.5) is 4.79 Å². The van der Waals surface area contributed by atoms with Crippen LogP contribution in [0.15, 0.2) is 0 Å². The van der Waals surface area contributed by atoms with Crippen LogP contribution in [0.5, 0.6) is 0 Å². The Labute approximate surface area is 71.5 Å². The van der Waals surface area contributed by atoms with Gasteiger partial charge in [0, 0.05) is 12.0 Å². The van der Waals surface area contributed by atoms with Gasteiger partial charge in [-0.2, -0.15) is 0 Å². The Morgan fingerprint density at radius 3 is 2.25 bits per heavy atom. The van der Waals surface area contributed by atoms with Crippen molar-refractivity contribution in [3.8, 4) is 0 Å². The molecule has 0 bridgehead atoms. The first kappa shape index (κ1) is 10.9. The van der Waals surface area contributed by atoms with Gasteiger partial charge in [-0.3, -0.25) is 10.1 Å². The van der Waals surface area contributed by atoms with E-state index in [1.54, 1.807) is 0 Å². The average Bonchev–Trinajstić information content (AvgIpc) is 1.80. The summed E-state index contributed by atoms with van der Waals surface area (Å²) in [5.41, 5.74) is 9.96. The molecule has 0 heterocycles.